The zero-order valence-electron chi connectivity index (χ0n) is 16.0. The van der Waals surface area contributed by atoms with Gasteiger partial charge in [-0.2, -0.15) is 5.10 Å². The SMILES string of the molecule is Cc1ccc(C(=O)N2CCC(NC(=O)c3n[nH]c4c3CNCC4)CC2)cc1.Cl. The molecule has 150 valence electrons. The van der Waals surface area contributed by atoms with Crippen LogP contribution in [0.25, 0.3) is 0 Å². The summed E-state index contributed by atoms with van der Waals surface area (Å²) in [5.74, 6) is -0.0632. The van der Waals surface area contributed by atoms with Crippen LogP contribution in [0.15, 0.2) is 24.3 Å². The van der Waals surface area contributed by atoms with Crippen molar-refractivity contribution in [2.75, 3.05) is 19.6 Å². The number of nitrogens with zero attached hydrogens (tertiary/aromatic N) is 2. The third-order valence-electron chi connectivity index (χ3n) is 5.44. The Labute approximate surface area is 170 Å². The summed E-state index contributed by atoms with van der Waals surface area (Å²) < 4.78 is 0. The lowest BCUT2D eigenvalue weighted by Gasteiger charge is -2.32. The Morgan fingerprint density at radius 3 is 2.61 bits per heavy atom. The van der Waals surface area contributed by atoms with Crippen molar-refractivity contribution in [3.8, 4) is 0 Å². The maximum absolute atomic E-state index is 12.6. The third-order valence-corrected chi connectivity index (χ3v) is 5.44. The number of carbonyl (C=O) groups is 2. The van der Waals surface area contributed by atoms with Crippen molar-refractivity contribution in [1.82, 2.24) is 25.7 Å². The number of hydrogen-bond acceptors (Lipinski definition) is 4. The molecule has 2 aromatic rings. The van der Waals surface area contributed by atoms with Crippen LogP contribution in [0.3, 0.4) is 0 Å². The van der Waals surface area contributed by atoms with Crippen molar-refractivity contribution in [2.45, 2.75) is 38.8 Å². The maximum atomic E-state index is 12.6. The van der Waals surface area contributed by atoms with E-state index < -0.39 is 0 Å². The fourth-order valence-electron chi connectivity index (χ4n) is 3.77. The standard InChI is InChI=1S/C20H25N5O2.ClH/c1-13-2-4-14(5-3-13)20(27)25-10-7-15(8-11-25)22-19(26)18-16-12-21-9-6-17(16)23-24-18;/h2-5,15,21H,6-12H2,1H3,(H,22,26)(H,23,24);1H. The Morgan fingerprint density at radius 2 is 1.89 bits per heavy atom. The predicted octanol–water partition coefficient (Wildman–Crippen LogP) is 1.82. The third kappa shape index (κ3) is 4.20. The first-order valence-corrected chi connectivity index (χ1v) is 9.55. The molecule has 7 nitrogen and oxygen atoms in total. The topological polar surface area (TPSA) is 90.1 Å². The highest BCUT2D eigenvalue weighted by atomic mass is 35.5. The van der Waals surface area contributed by atoms with Crippen LogP contribution < -0.4 is 10.6 Å². The molecule has 3 N–H and O–H groups in total. The monoisotopic (exact) mass is 403 g/mol. The molecule has 8 heteroatoms. The lowest BCUT2D eigenvalue weighted by molar-refractivity contribution is 0.0697. The molecule has 1 fully saturated rings. The molecule has 0 aliphatic carbocycles. The van der Waals surface area contributed by atoms with Crippen LogP contribution in [0.1, 0.15) is 50.5 Å². The number of carbonyl (C=O) groups excluding carboxylic acids is 2. The number of fused-ring (bicyclic) bond motifs is 1. The first-order valence-electron chi connectivity index (χ1n) is 9.55. The van der Waals surface area contributed by atoms with Crippen LogP contribution in [0.5, 0.6) is 0 Å². The lowest BCUT2D eigenvalue weighted by Crippen LogP contribution is -2.46. The Morgan fingerprint density at radius 1 is 1.18 bits per heavy atom. The minimum atomic E-state index is -0.125. The number of aromatic amines is 1. The van der Waals surface area contributed by atoms with E-state index in [0.29, 0.717) is 25.3 Å². The number of nitrogens with one attached hydrogen (secondary N) is 3. The van der Waals surface area contributed by atoms with E-state index in [9.17, 15) is 9.59 Å². The van der Waals surface area contributed by atoms with Crippen LogP contribution in [0.2, 0.25) is 0 Å². The van der Waals surface area contributed by atoms with E-state index in [1.807, 2.05) is 36.1 Å². The number of rotatable bonds is 3. The van der Waals surface area contributed by atoms with Crippen molar-refractivity contribution in [2.24, 2.45) is 0 Å². The van der Waals surface area contributed by atoms with Crippen molar-refractivity contribution in [3.05, 3.63) is 52.3 Å². The Bertz CT molecular complexity index is 841. The molecule has 4 rings (SSSR count). The highest BCUT2D eigenvalue weighted by Gasteiger charge is 2.27. The number of piperidine rings is 1. The molecule has 0 atom stereocenters. The Balaban J connectivity index is 0.00000225. The fourth-order valence-corrected chi connectivity index (χ4v) is 3.77. The van der Waals surface area contributed by atoms with Crippen molar-refractivity contribution in [3.63, 3.8) is 0 Å². The fraction of sp³-hybridized carbons (Fsp3) is 0.450. The van der Waals surface area contributed by atoms with Gasteiger partial charge in [-0.1, -0.05) is 17.7 Å². The van der Waals surface area contributed by atoms with Gasteiger partial charge in [0.25, 0.3) is 11.8 Å². The number of benzene rings is 1. The van der Waals surface area contributed by atoms with Crippen molar-refractivity contribution in [1.29, 1.82) is 0 Å². The summed E-state index contributed by atoms with van der Waals surface area (Å²) in [6.07, 6.45) is 2.39. The van der Waals surface area contributed by atoms with Gasteiger partial charge >= 0.3 is 0 Å². The highest BCUT2D eigenvalue weighted by molar-refractivity contribution is 5.95. The zero-order chi connectivity index (χ0) is 18.8. The second-order valence-electron chi connectivity index (χ2n) is 7.36. The molecular weight excluding hydrogens is 378 g/mol. The summed E-state index contributed by atoms with van der Waals surface area (Å²) in [6, 6.07) is 7.74. The number of likely N-dealkylation sites (tertiary alicyclic amines) is 1. The molecule has 1 saturated heterocycles. The van der Waals surface area contributed by atoms with Gasteiger partial charge in [0.15, 0.2) is 5.69 Å². The minimum Gasteiger partial charge on any atom is -0.348 e. The van der Waals surface area contributed by atoms with Gasteiger partial charge < -0.3 is 15.5 Å². The first-order chi connectivity index (χ1) is 13.1. The molecule has 0 spiro atoms. The van der Waals surface area contributed by atoms with Crippen LogP contribution in [-0.4, -0.2) is 52.6 Å². The number of halogens is 1. The van der Waals surface area contributed by atoms with E-state index in [1.165, 1.54) is 0 Å². The van der Waals surface area contributed by atoms with Gasteiger partial charge in [-0.15, -0.1) is 12.4 Å². The summed E-state index contributed by atoms with van der Waals surface area (Å²) in [5.41, 5.74) is 4.39. The number of hydrogen-bond donors (Lipinski definition) is 3. The molecule has 2 aliphatic rings. The zero-order valence-corrected chi connectivity index (χ0v) is 16.8. The van der Waals surface area contributed by atoms with Crippen LogP contribution in [0.4, 0.5) is 0 Å². The van der Waals surface area contributed by atoms with Crippen LogP contribution >= 0.6 is 12.4 Å². The van der Waals surface area contributed by atoms with E-state index in [0.717, 1.165) is 48.2 Å². The van der Waals surface area contributed by atoms with Gasteiger partial charge in [-0.25, -0.2) is 0 Å². The average molecular weight is 404 g/mol. The van der Waals surface area contributed by atoms with E-state index >= 15 is 0 Å². The quantitative estimate of drug-likeness (QED) is 0.729. The van der Waals surface area contributed by atoms with Gasteiger partial charge in [0.2, 0.25) is 0 Å². The van der Waals surface area contributed by atoms with Gasteiger partial charge in [0, 0.05) is 55.5 Å². The predicted molar refractivity (Wildman–Crippen MR) is 109 cm³/mol. The molecule has 0 radical (unpaired) electrons. The van der Waals surface area contributed by atoms with Crippen molar-refractivity contribution < 1.29 is 9.59 Å². The summed E-state index contributed by atoms with van der Waals surface area (Å²) in [6.45, 7) is 4.90. The second kappa shape index (κ2) is 8.75. The molecule has 3 heterocycles. The van der Waals surface area contributed by atoms with E-state index in [4.69, 9.17) is 0 Å². The smallest absolute Gasteiger partial charge is 0.272 e. The molecule has 1 aromatic heterocycles. The molecular formula is C20H26ClN5O2. The maximum Gasteiger partial charge on any atom is 0.272 e. The van der Waals surface area contributed by atoms with Gasteiger partial charge in [0.05, 0.1) is 0 Å². The summed E-state index contributed by atoms with van der Waals surface area (Å²) in [5, 5.41) is 13.6. The molecule has 0 bridgehead atoms. The first kappa shape index (κ1) is 20.4. The second-order valence-corrected chi connectivity index (χ2v) is 7.36. The molecule has 2 amide bonds. The van der Waals surface area contributed by atoms with Crippen LogP contribution in [0, 0.1) is 6.92 Å². The average Bonchev–Trinajstić information content (AvgIpc) is 3.13. The number of aryl methyl sites for hydroxylation is 1. The largest absolute Gasteiger partial charge is 0.348 e. The lowest BCUT2D eigenvalue weighted by atomic mass is 10.0. The van der Waals surface area contributed by atoms with Gasteiger partial charge in [-0.05, 0) is 31.9 Å². The number of amides is 2. The summed E-state index contributed by atoms with van der Waals surface area (Å²) in [4.78, 5) is 27.1. The van der Waals surface area contributed by atoms with E-state index in [2.05, 4.69) is 20.8 Å². The molecule has 28 heavy (non-hydrogen) atoms. The van der Waals surface area contributed by atoms with Crippen molar-refractivity contribution >= 4 is 24.2 Å². The molecule has 2 aliphatic heterocycles. The molecule has 0 unspecified atom stereocenters. The summed E-state index contributed by atoms with van der Waals surface area (Å²) >= 11 is 0. The highest BCUT2D eigenvalue weighted by Crippen LogP contribution is 2.18. The molecule has 0 saturated carbocycles. The number of aromatic nitrogens is 2. The molecule has 1 aromatic carbocycles. The van der Waals surface area contributed by atoms with E-state index in [-0.39, 0.29) is 30.3 Å². The Kier molecular flexibility index (Phi) is 6.36. The van der Waals surface area contributed by atoms with E-state index in [1.54, 1.807) is 0 Å². The van der Waals surface area contributed by atoms with Gasteiger partial charge in [0.1, 0.15) is 0 Å². The Hall–Kier alpha value is -2.38. The number of H-pyrrole nitrogens is 1. The summed E-state index contributed by atoms with van der Waals surface area (Å²) in [7, 11) is 0. The normalized spacial score (nSPS) is 16.8. The minimum absolute atomic E-state index is 0. The van der Waals surface area contributed by atoms with Gasteiger partial charge in [-0.3, -0.25) is 14.7 Å². The van der Waals surface area contributed by atoms with Crippen LogP contribution in [-0.2, 0) is 13.0 Å².